The number of fused-ring (bicyclic) bond motifs is 3. The van der Waals surface area contributed by atoms with Crippen LogP contribution >= 0.6 is 0 Å². The number of rotatable bonds is 7. The van der Waals surface area contributed by atoms with Crippen LogP contribution in [0.1, 0.15) is 52.3 Å². The Morgan fingerprint density at radius 2 is 1.82 bits per heavy atom. The van der Waals surface area contributed by atoms with E-state index in [0.29, 0.717) is 12.1 Å². The Morgan fingerprint density at radius 3 is 2.59 bits per heavy atom. The van der Waals surface area contributed by atoms with Crippen LogP contribution in [-0.4, -0.2) is 46.3 Å². The van der Waals surface area contributed by atoms with Crippen LogP contribution in [0.4, 0.5) is 0 Å². The summed E-state index contributed by atoms with van der Waals surface area (Å²) in [5, 5.41) is 5.80. The van der Waals surface area contributed by atoms with Gasteiger partial charge in [0.2, 0.25) is 0 Å². The quantitative estimate of drug-likeness (QED) is 0.281. The molecule has 2 aromatic heterocycles. The molecule has 6 rings (SSSR count). The predicted octanol–water partition coefficient (Wildman–Crippen LogP) is 6.11. The number of carbonyl (C=O) groups excluding carboxylic acids is 1. The number of nitrogens with zero attached hydrogens (tertiary/aromatic N) is 3. The molecule has 0 spiro atoms. The van der Waals surface area contributed by atoms with E-state index in [1.54, 1.807) is 20.4 Å². The molecule has 3 aromatic carbocycles. The van der Waals surface area contributed by atoms with Crippen molar-refractivity contribution in [3.63, 3.8) is 0 Å². The third-order valence-electron chi connectivity index (χ3n) is 7.62. The molecular weight excluding hydrogens is 488 g/mol. The summed E-state index contributed by atoms with van der Waals surface area (Å²) in [6.45, 7) is 2.70. The Hall–Kier alpha value is -4.52. The molecule has 0 saturated heterocycles. The molecular formula is C32H32N4O3. The van der Waals surface area contributed by atoms with Crippen molar-refractivity contribution in [3.05, 3.63) is 107 Å². The van der Waals surface area contributed by atoms with Gasteiger partial charge in [0.05, 0.1) is 37.4 Å². The van der Waals surface area contributed by atoms with Crippen LogP contribution in [0.2, 0.25) is 0 Å². The minimum atomic E-state index is -0.342. The van der Waals surface area contributed by atoms with Crippen LogP contribution in [0.25, 0.3) is 16.6 Å². The fraction of sp³-hybridized carbons (Fsp3) is 0.250. The van der Waals surface area contributed by atoms with Gasteiger partial charge in [-0.05, 0) is 54.8 Å². The molecule has 1 aliphatic heterocycles. The van der Waals surface area contributed by atoms with Gasteiger partial charge in [-0.1, -0.05) is 49.7 Å². The average molecular weight is 521 g/mol. The van der Waals surface area contributed by atoms with Crippen molar-refractivity contribution < 1.29 is 14.3 Å². The third kappa shape index (κ3) is 4.24. The van der Waals surface area contributed by atoms with E-state index in [-0.39, 0.29) is 11.9 Å². The Morgan fingerprint density at radius 1 is 1.03 bits per heavy atom. The van der Waals surface area contributed by atoms with Crippen molar-refractivity contribution in [2.45, 2.75) is 32.2 Å². The van der Waals surface area contributed by atoms with E-state index in [4.69, 9.17) is 9.47 Å². The number of hydrogen-bond donors (Lipinski definition) is 1. The molecule has 1 aliphatic rings. The van der Waals surface area contributed by atoms with Crippen LogP contribution in [0.15, 0.2) is 79.0 Å². The SMILES string of the molecule is CCCc1c(C(=O)N2CCc3c([nH]c4ccc(OC)cc34)[C@@H]2c2ccccc2OC)cnn1-c1ccccc1. The molecule has 39 heavy (non-hydrogen) atoms. The molecule has 3 heterocycles. The zero-order valence-electron chi connectivity index (χ0n) is 22.5. The topological polar surface area (TPSA) is 72.4 Å². The van der Waals surface area contributed by atoms with Crippen molar-refractivity contribution in [1.29, 1.82) is 0 Å². The minimum Gasteiger partial charge on any atom is -0.497 e. The van der Waals surface area contributed by atoms with Gasteiger partial charge in [-0.25, -0.2) is 4.68 Å². The summed E-state index contributed by atoms with van der Waals surface area (Å²) in [5.74, 6) is 1.53. The van der Waals surface area contributed by atoms with E-state index in [1.807, 2.05) is 76.3 Å². The zero-order valence-corrected chi connectivity index (χ0v) is 22.5. The van der Waals surface area contributed by atoms with Gasteiger partial charge in [-0.15, -0.1) is 0 Å². The van der Waals surface area contributed by atoms with Gasteiger partial charge in [0, 0.05) is 28.7 Å². The van der Waals surface area contributed by atoms with Crippen molar-refractivity contribution in [1.82, 2.24) is 19.7 Å². The Balaban J connectivity index is 1.50. The van der Waals surface area contributed by atoms with Gasteiger partial charge < -0.3 is 19.4 Å². The highest BCUT2D eigenvalue weighted by molar-refractivity contribution is 5.97. The first-order valence-electron chi connectivity index (χ1n) is 13.4. The number of amides is 1. The summed E-state index contributed by atoms with van der Waals surface area (Å²) in [6, 6.07) is 23.7. The molecule has 198 valence electrons. The van der Waals surface area contributed by atoms with Crippen LogP contribution in [0.3, 0.4) is 0 Å². The molecule has 1 atom stereocenters. The monoisotopic (exact) mass is 520 g/mol. The van der Waals surface area contributed by atoms with Crippen LogP contribution in [0, 0.1) is 0 Å². The summed E-state index contributed by atoms with van der Waals surface area (Å²) < 4.78 is 13.2. The highest BCUT2D eigenvalue weighted by Gasteiger charge is 2.37. The summed E-state index contributed by atoms with van der Waals surface area (Å²) in [5.41, 5.74) is 6.71. The van der Waals surface area contributed by atoms with E-state index >= 15 is 0 Å². The normalized spacial score (nSPS) is 14.8. The minimum absolute atomic E-state index is 0.0292. The number of aromatic amines is 1. The molecule has 1 amide bonds. The summed E-state index contributed by atoms with van der Waals surface area (Å²) >= 11 is 0. The average Bonchev–Trinajstić information content (AvgIpc) is 3.58. The molecule has 0 unspecified atom stereocenters. The van der Waals surface area contributed by atoms with Crippen LogP contribution in [0.5, 0.6) is 11.5 Å². The van der Waals surface area contributed by atoms with E-state index in [9.17, 15) is 4.79 Å². The molecule has 0 fully saturated rings. The van der Waals surface area contributed by atoms with Gasteiger partial charge in [0.1, 0.15) is 17.5 Å². The standard InChI is InChI=1S/C32H32N4O3/c1-4-10-28-26(20-33-36(28)21-11-6-5-7-12-21)32(37)35-18-17-23-25-19-22(38-2)15-16-27(25)34-30(23)31(35)24-13-8-9-14-29(24)39-3/h5-9,11-16,19-20,31,34H,4,10,17-18H2,1-3H3/t31-/m0/s1. The Bertz CT molecular complexity index is 1640. The molecule has 7 heteroatoms. The molecule has 0 bridgehead atoms. The van der Waals surface area contributed by atoms with Crippen molar-refractivity contribution >= 4 is 16.8 Å². The summed E-state index contributed by atoms with van der Waals surface area (Å²) in [4.78, 5) is 20.1. The predicted molar refractivity (Wildman–Crippen MR) is 152 cm³/mol. The van der Waals surface area contributed by atoms with Crippen molar-refractivity contribution in [2.24, 2.45) is 0 Å². The van der Waals surface area contributed by atoms with Gasteiger partial charge in [0.15, 0.2) is 0 Å². The number of ether oxygens (including phenoxy) is 2. The lowest BCUT2D eigenvalue weighted by molar-refractivity contribution is 0.0689. The first-order valence-corrected chi connectivity index (χ1v) is 13.4. The second-order valence-corrected chi connectivity index (χ2v) is 9.82. The van der Waals surface area contributed by atoms with E-state index < -0.39 is 0 Å². The highest BCUT2D eigenvalue weighted by atomic mass is 16.5. The first kappa shape index (κ1) is 24.8. The maximum atomic E-state index is 14.4. The number of para-hydroxylation sites is 2. The van der Waals surface area contributed by atoms with E-state index in [2.05, 4.69) is 23.1 Å². The fourth-order valence-electron chi connectivity index (χ4n) is 5.81. The van der Waals surface area contributed by atoms with Crippen LogP contribution < -0.4 is 9.47 Å². The largest absolute Gasteiger partial charge is 0.497 e. The lowest BCUT2D eigenvalue weighted by Crippen LogP contribution is -2.41. The summed E-state index contributed by atoms with van der Waals surface area (Å²) in [6.07, 6.45) is 4.12. The lowest BCUT2D eigenvalue weighted by atomic mass is 9.91. The Labute approximate surface area is 228 Å². The number of H-pyrrole nitrogens is 1. The number of benzene rings is 3. The molecule has 5 aromatic rings. The highest BCUT2D eigenvalue weighted by Crippen LogP contribution is 2.42. The number of hydrogen-bond acceptors (Lipinski definition) is 4. The van der Waals surface area contributed by atoms with E-state index in [0.717, 1.165) is 64.3 Å². The number of methoxy groups -OCH3 is 2. The van der Waals surface area contributed by atoms with Gasteiger partial charge in [-0.3, -0.25) is 4.79 Å². The van der Waals surface area contributed by atoms with Crippen molar-refractivity contribution in [3.8, 4) is 17.2 Å². The number of aromatic nitrogens is 3. The number of carbonyl (C=O) groups is 1. The molecule has 0 saturated carbocycles. The smallest absolute Gasteiger partial charge is 0.258 e. The van der Waals surface area contributed by atoms with Crippen molar-refractivity contribution in [2.75, 3.05) is 20.8 Å². The number of nitrogens with one attached hydrogen (secondary N) is 1. The molecule has 0 aliphatic carbocycles. The molecule has 0 radical (unpaired) electrons. The maximum absolute atomic E-state index is 14.4. The Kier molecular flexibility index (Phi) is 6.57. The van der Waals surface area contributed by atoms with Gasteiger partial charge in [-0.2, -0.15) is 5.10 Å². The first-order chi connectivity index (χ1) is 19.1. The molecule has 7 nitrogen and oxygen atoms in total. The van der Waals surface area contributed by atoms with Gasteiger partial charge in [0.25, 0.3) is 5.91 Å². The zero-order chi connectivity index (χ0) is 26.9. The van der Waals surface area contributed by atoms with E-state index in [1.165, 1.54) is 5.56 Å². The fourth-order valence-corrected chi connectivity index (χ4v) is 5.81. The maximum Gasteiger partial charge on any atom is 0.258 e. The second-order valence-electron chi connectivity index (χ2n) is 9.82. The second kappa shape index (κ2) is 10.3. The molecule has 1 N–H and O–H groups in total. The van der Waals surface area contributed by atoms with Gasteiger partial charge >= 0.3 is 0 Å². The third-order valence-corrected chi connectivity index (χ3v) is 7.62. The van der Waals surface area contributed by atoms with Crippen LogP contribution in [-0.2, 0) is 12.8 Å². The lowest BCUT2D eigenvalue weighted by Gasteiger charge is -2.37. The summed E-state index contributed by atoms with van der Waals surface area (Å²) in [7, 11) is 3.36.